The number of carbonyl (C=O) groups excluding carboxylic acids is 1. The Labute approximate surface area is 246 Å². The molecule has 0 saturated carbocycles. The summed E-state index contributed by atoms with van der Waals surface area (Å²) >= 11 is 0. The zero-order valence-electron chi connectivity index (χ0n) is 25.2. The quantitative estimate of drug-likeness (QED) is 0.371. The highest BCUT2D eigenvalue weighted by atomic mass is 32.2. The van der Waals surface area contributed by atoms with Crippen molar-refractivity contribution in [3.8, 4) is 0 Å². The van der Waals surface area contributed by atoms with Crippen molar-refractivity contribution >= 4 is 26.8 Å². The van der Waals surface area contributed by atoms with Crippen LogP contribution >= 0.6 is 0 Å². The monoisotopic (exact) mass is 578 g/mol. The first kappa shape index (κ1) is 31.0. The van der Waals surface area contributed by atoms with Gasteiger partial charge >= 0.3 is 0 Å². The summed E-state index contributed by atoms with van der Waals surface area (Å²) in [5.74, 6) is 0.646. The standard InChI is InChI=1S/C33H46N4O3S/c1-6-10-27(7-2)18-20-36-21-22-37(26(5)23-25(36)4)33(38)30-17-16-29(15-14-24(30)3)35-41(39,40)31-13-8-11-28-12-9-19-34-32(28)31/h8-9,11-17,19,24-27,35H,6-7,10,18,20-23H2,1-5H3/t24-,25-,26?,27-/m0/s1. The fraction of sp³-hybridized carbons (Fsp3) is 0.515. The average molecular weight is 579 g/mol. The van der Waals surface area contributed by atoms with Gasteiger partial charge in [0, 0.05) is 53.9 Å². The lowest BCUT2D eigenvalue weighted by atomic mass is 9.96. The zero-order chi connectivity index (χ0) is 29.6. The third-order valence-corrected chi connectivity index (χ3v) is 10.1. The third-order valence-electron chi connectivity index (χ3n) is 8.71. The number of aromatic nitrogens is 1. The van der Waals surface area contributed by atoms with E-state index in [2.05, 4.69) is 42.3 Å². The summed E-state index contributed by atoms with van der Waals surface area (Å²) in [5, 5.41) is 0.757. The van der Waals surface area contributed by atoms with E-state index in [-0.39, 0.29) is 22.8 Å². The van der Waals surface area contributed by atoms with Crippen molar-refractivity contribution in [2.45, 2.75) is 83.7 Å². The molecule has 2 aliphatic rings. The van der Waals surface area contributed by atoms with E-state index in [9.17, 15) is 13.2 Å². The number of allylic oxidation sites excluding steroid dienone is 4. The summed E-state index contributed by atoms with van der Waals surface area (Å²) in [6.07, 6.45) is 14.6. The van der Waals surface area contributed by atoms with Crippen LogP contribution in [0.15, 0.2) is 77.0 Å². The Hall–Kier alpha value is -2.97. The lowest BCUT2D eigenvalue weighted by Crippen LogP contribution is -2.41. The molecular formula is C33H46N4O3S. The molecule has 8 heteroatoms. The minimum atomic E-state index is -3.88. The molecule has 0 spiro atoms. The first-order valence-electron chi connectivity index (χ1n) is 15.2. The number of fused-ring (bicyclic) bond motifs is 1. The number of sulfonamides is 1. The van der Waals surface area contributed by atoms with Crippen molar-refractivity contribution in [2.75, 3.05) is 19.6 Å². The van der Waals surface area contributed by atoms with Gasteiger partial charge in [0.25, 0.3) is 15.9 Å². The minimum Gasteiger partial charge on any atom is -0.335 e. The number of carbonyl (C=O) groups is 1. The molecule has 1 unspecified atom stereocenters. The smallest absolute Gasteiger partial charge is 0.264 e. The number of amides is 1. The Bertz CT molecular complexity index is 1410. The normalized spacial score (nSPS) is 23.0. The van der Waals surface area contributed by atoms with Crippen LogP contribution in [0.1, 0.15) is 66.7 Å². The Morgan fingerprint density at radius 1 is 1.05 bits per heavy atom. The maximum atomic E-state index is 13.9. The molecule has 0 radical (unpaired) electrons. The molecule has 1 saturated heterocycles. The molecule has 1 amide bonds. The summed E-state index contributed by atoms with van der Waals surface area (Å²) in [4.78, 5) is 22.9. The van der Waals surface area contributed by atoms with Crippen molar-refractivity contribution in [1.82, 2.24) is 19.5 Å². The van der Waals surface area contributed by atoms with Gasteiger partial charge in [0.1, 0.15) is 4.90 Å². The highest BCUT2D eigenvalue weighted by Gasteiger charge is 2.31. The topological polar surface area (TPSA) is 82.6 Å². The maximum Gasteiger partial charge on any atom is 0.264 e. The molecule has 1 aliphatic carbocycles. The van der Waals surface area contributed by atoms with E-state index < -0.39 is 10.0 Å². The van der Waals surface area contributed by atoms with Crippen LogP contribution in [0.3, 0.4) is 0 Å². The molecule has 1 N–H and O–H groups in total. The Morgan fingerprint density at radius 3 is 2.59 bits per heavy atom. The van der Waals surface area contributed by atoms with Crippen molar-refractivity contribution in [2.24, 2.45) is 11.8 Å². The van der Waals surface area contributed by atoms with E-state index in [1.165, 1.54) is 25.7 Å². The van der Waals surface area contributed by atoms with Gasteiger partial charge in [-0.2, -0.15) is 0 Å². The van der Waals surface area contributed by atoms with E-state index in [1.807, 2.05) is 30.0 Å². The average Bonchev–Trinajstić information content (AvgIpc) is 3.22. The summed E-state index contributed by atoms with van der Waals surface area (Å²) in [6, 6.07) is 9.29. The Morgan fingerprint density at radius 2 is 1.83 bits per heavy atom. The number of pyridine rings is 1. The second kappa shape index (κ2) is 13.8. The van der Waals surface area contributed by atoms with Gasteiger partial charge in [0.15, 0.2) is 0 Å². The highest BCUT2D eigenvalue weighted by Crippen LogP contribution is 2.26. The summed E-state index contributed by atoms with van der Waals surface area (Å²) < 4.78 is 29.4. The van der Waals surface area contributed by atoms with E-state index in [0.717, 1.165) is 30.8 Å². The van der Waals surface area contributed by atoms with E-state index in [4.69, 9.17) is 0 Å². The molecule has 222 valence electrons. The van der Waals surface area contributed by atoms with Gasteiger partial charge in [-0.25, -0.2) is 8.42 Å². The largest absolute Gasteiger partial charge is 0.335 e. The van der Waals surface area contributed by atoms with Crippen LogP contribution in [0, 0.1) is 11.8 Å². The molecular weight excluding hydrogens is 532 g/mol. The van der Waals surface area contributed by atoms with E-state index in [0.29, 0.717) is 29.4 Å². The number of nitrogens with one attached hydrogen (secondary N) is 1. The summed E-state index contributed by atoms with van der Waals surface area (Å²) in [6.45, 7) is 13.6. The maximum absolute atomic E-state index is 13.9. The number of para-hydroxylation sites is 1. The summed E-state index contributed by atoms with van der Waals surface area (Å²) in [5.41, 5.74) is 1.51. The predicted octanol–water partition coefficient (Wildman–Crippen LogP) is 6.06. The van der Waals surface area contributed by atoms with Gasteiger partial charge in [-0.3, -0.25) is 19.4 Å². The lowest BCUT2D eigenvalue weighted by Gasteiger charge is -2.29. The molecule has 1 aliphatic heterocycles. The Balaban J connectivity index is 1.48. The van der Waals surface area contributed by atoms with Crippen molar-refractivity contribution in [3.63, 3.8) is 0 Å². The van der Waals surface area contributed by atoms with E-state index in [1.54, 1.807) is 42.6 Å². The van der Waals surface area contributed by atoms with Gasteiger partial charge in [-0.15, -0.1) is 0 Å². The second-order valence-corrected chi connectivity index (χ2v) is 13.3. The molecule has 2 heterocycles. The first-order chi connectivity index (χ1) is 19.6. The molecule has 0 bridgehead atoms. The molecule has 1 aromatic carbocycles. The predicted molar refractivity (Wildman–Crippen MR) is 167 cm³/mol. The number of nitrogens with zero attached hydrogens (tertiary/aromatic N) is 3. The molecule has 4 atom stereocenters. The highest BCUT2D eigenvalue weighted by molar-refractivity contribution is 7.89. The first-order valence-corrected chi connectivity index (χ1v) is 16.6. The van der Waals surface area contributed by atoms with Crippen LogP contribution in [0.4, 0.5) is 0 Å². The third kappa shape index (κ3) is 7.46. The van der Waals surface area contributed by atoms with Crippen LogP contribution < -0.4 is 4.72 Å². The molecule has 41 heavy (non-hydrogen) atoms. The van der Waals surface area contributed by atoms with Crippen LogP contribution in [-0.2, 0) is 14.8 Å². The van der Waals surface area contributed by atoms with Crippen LogP contribution in [0.5, 0.6) is 0 Å². The van der Waals surface area contributed by atoms with Crippen LogP contribution in [0.2, 0.25) is 0 Å². The van der Waals surface area contributed by atoms with Gasteiger partial charge in [0.2, 0.25) is 0 Å². The van der Waals surface area contributed by atoms with Gasteiger partial charge < -0.3 is 4.90 Å². The number of hydrogen-bond acceptors (Lipinski definition) is 5. The lowest BCUT2D eigenvalue weighted by molar-refractivity contribution is -0.129. The van der Waals surface area contributed by atoms with Crippen molar-refractivity contribution in [3.05, 3.63) is 72.1 Å². The molecule has 2 aromatic rings. The second-order valence-electron chi connectivity index (χ2n) is 11.6. The fourth-order valence-corrected chi connectivity index (χ4v) is 7.37. The molecule has 4 rings (SSSR count). The molecule has 1 fully saturated rings. The van der Waals surface area contributed by atoms with Gasteiger partial charge in [-0.1, -0.05) is 70.4 Å². The fourth-order valence-electron chi connectivity index (χ4n) is 6.13. The molecule has 7 nitrogen and oxygen atoms in total. The van der Waals surface area contributed by atoms with E-state index >= 15 is 0 Å². The number of benzene rings is 1. The van der Waals surface area contributed by atoms with Crippen LogP contribution in [-0.4, -0.2) is 60.8 Å². The van der Waals surface area contributed by atoms with Gasteiger partial charge in [0.05, 0.1) is 5.52 Å². The number of rotatable bonds is 10. The minimum absolute atomic E-state index is 0.0275. The Kier molecular flexibility index (Phi) is 10.4. The zero-order valence-corrected chi connectivity index (χ0v) is 26.0. The SMILES string of the molecule is CCC[C@H](CC)CCN1CCN(C(=O)C2=CC=C(NS(=O)(=O)c3cccc4cccnc34)C=C[C@@H]2C)C(C)C[C@@H]1C. The van der Waals surface area contributed by atoms with Crippen LogP contribution in [0.25, 0.3) is 10.9 Å². The number of hydrogen-bond donors (Lipinski definition) is 1. The molecule has 1 aromatic heterocycles. The van der Waals surface area contributed by atoms with Gasteiger partial charge in [-0.05, 0) is 63.4 Å². The summed E-state index contributed by atoms with van der Waals surface area (Å²) in [7, 11) is -3.88. The van der Waals surface area contributed by atoms with Crippen molar-refractivity contribution < 1.29 is 13.2 Å². The van der Waals surface area contributed by atoms with Crippen molar-refractivity contribution in [1.29, 1.82) is 0 Å².